The molecule has 0 saturated heterocycles. The number of carbonyl (C=O) groups excluding carboxylic acids is 1. The van der Waals surface area contributed by atoms with Crippen LogP contribution in [-0.4, -0.2) is 28.8 Å². The maximum atomic E-state index is 11.6. The van der Waals surface area contributed by atoms with Gasteiger partial charge in [-0.2, -0.15) is 5.10 Å². The quantitative estimate of drug-likeness (QED) is 0.479. The van der Waals surface area contributed by atoms with Crippen molar-refractivity contribution >= 4 is 17.8 Å². The summed E-state index contributed by atoms with van der Waals surface area (Å²) in [5, 5.41) is 23.7. The van der Waals surface area contributed by atoms with Crippen LogP contribution in [0, 0.1) is 17.0 Å². The number of amides is 1. The van der Waals surface area contributed by atoms with Crippen molar-refractivity contribution in [1.29, 1.82) is 0 Å². The Morgan fingerprint density at radius 2 is 2.04 bits per heavy atom. The van der Waals surface area contributed by atoms with E-state index in [-0.39, 0.29) is 6.61 Å². The fourth-order valence-corrected chi connectivity index (χ4v) is 1.76. The number of nitrogens with one attached hydrogen (secondary N) is 1. The first kappa shape index (κ1) is 16.9. The average Bonchev–Trinajstić information content (AvgIpc) is 2.55. The van der Waals surface area contributed by atoms with Crippen LogP contribution in [0.25, 0.3) is 0 Å². The molecule has 0 fully saturated rings. The van der Waals surface area contributed by atoms with Gasteiger partial charge in [0, 0.05) is 11.6 Å². The molecule has 0 aliphatic rings. The van der Waals surface area contributed by atoms with Gasteiger partial charge in [-0.15, -0.1) is 0 Å². The normalized spacial score (nSPS) is 10.5. The summed E-state index contributed by atoms with van der Waals surface area (Å²) in [5.41, 5.74) is 3.26. The molecule has 0 aromatic heterocycles. The molecule has 0 spiro atoms. The van der Waals surface area contributed by atoms with E-state index in [4.69, 9.17) is 4.74 Å². The van der Waals surface area contributed by atoms with E-state index in [1.54, 1.807) is 12.1 Å². The van der Waals surface area contributed by atoms with Crippen molar-refractivity contribution in [2.45, 2.75) is 6.92 Å². The van der Waals surface area contributed by atoms with Crippen LogP contribution in [0.1, 0.15) is 11.1 Å². The van der Waals surface area contributed by atoms with E-state index in [1.807, 2.05) is 19.1 Å². The Morgan fingerprint density at radius 3 is 2.71 bits per heavy atom. The lowest BCUT2D eigenvalue weighted by Crippen LogP contribution is -2.24. The van der Waals surface area contributed by atoms with Gasteiger partial charge in [-0.1, -0.05) is 17.7 Å². The van der Waals surface area contributed by atoms with Crippen molar-refractivity contribution in [1.82, 2.24) is 5.43 Å². The number of hydrazone groups is 1. The Kier molecular flexibility index (Phi) is 5.45. The number of hydrogen-bond donors (Lipinski definition) is 2. The van der Waals surface area contributed by atoms with E-state index in [0.29, 0.717) is 11.3 Å². The Balaban J connectivity index is 1.87. The van der Waals surface area contributed by atoms with Gasteiger partial charge in [0.1, 0.15) is 5.75 Å². The highest BCUT2D eigenvalue weighted by atomic mass is 16.6. The minimum Gasteiger partial charge on any atom is -0.502 e. The van der Waals surface area contributed by atoms with Gasteiger partial charge in [0.25, 0.3) is 5.91 Å². The minimum atomic E-state index is -0.708. The molecule has 2 aromatic carbocycles. The highest BCUT2D eigenvalue weighted by Crippen LogP contribution is 2.25. The second kappa shape index (κ2) is 7.73. The van der Waals surface area contributed by atoms with Gasteiger partial charge >= 0.3 is 5.69 Å². The zero-order chi connectivity index (χ0) is 17.5. The van der Waals surface area contributed by atoms with E-state index in [9.17, 15) is 20.0 Å². The maximum absolute atomic E-state index is 11.6. The zero-order valence-electron chi connectivity index (χ0n) is 12.8. The predicted octanol–water partition coefficient (Wildman–Crippen LogP) is 2.14. The molecule has 8 nitrogen and oxygen atoms in total. The molecule has 0 atom stereocenters. The number of phenols is 1. The number of rotatable bonds is 6. The van der Waals surface area contributed by atoms with Crippen LogP contribution in [-0.2, 0) is 4.79 Å². The molecule has 2 aromatic rings. The topological polar surface area (TPSA) is 114 Å². The molecule has 8 heteroatoms. The minimum absolute atomic E-state index is 0.212. The molecule has 2 rings (SSSR count). The van der Waals surface area contributed by atoms with E-state index in [1.165, 1.54) is 18.3 Å². The number of ether oxygens (including phenoxy) is 1. The lowest BCUT2D eigenvalue weighted by atomic mass is 10.2. The summed E-state index contributed by atoms with van der Waals surface area (Å²) >= 11 is 0. The molecule has 2 N–H and O–H groups in total. The van der Waals surface area contributed by atoms with Crippen molar-refractivity contribution in [3.8, 4) is 11.5 Å². The Hall–Kier alpha value is -3.42. The Bertz CT molecular complexity index is 772. The Labute approximate surface area is 137 Å². The number of nitro groups is 1. The number of aryl methyl sites for hydroxylation is 1. The SMILES string of the molecule is Cc1ccc(OCC(=O)N/N=C/c2ccc(O)c([N+](=O)[O-])c2)cc1. The molecule has 0 heterocycles. The number of phenolic OH excluding ortho intramolecular Hbond substituents is 1. The summed E-state index contributed by atoms with van der Waals surface area (Å²) in [4.78, 5) is 21.6. The third-order valence-electron chi connectivity index (χ3n) is 2.99. The molecule has 124 valence electrons. The third-order valence-corrected chi connectivity index (χ3v) is 2.99. The maximum Gasteiger partial charge on any atom is 0.311 e. The molecule has 1 amide bonds. The van der Waals surface area contributed by atoms with Gasteiger partial charge in [-0.05, 0) is 31.2 Å². The van der Waals surface area contributed by atoms with Crippen LogP contribution < -0.4 is 10.2 Å². The molecule has 0 aliphatic heterocycles. The van der Waals surface area contributed by atoms with E-state index < -0.39 is 22.3 Å². The van der Waals surface area contributed by atoms with Crippen molar-refractivity contribution in [3.05, 3.63) is 63.7 Å². The standard InChI is InChI=1S/C16H15N3O5/c1-11-2-5-13(6-3-11)24-10-16(21)18-17-9-12-4-7-15(20)14(8-12)19(22)23/h2-9,20H,10H2,1H3,(H,18,21)/b17-9+. The monoisotopic (exact) mass is 329 g/mol. The molecule has 0 unspecified atom stereocenters. The van der Waals surface area contributed by atoms with Crippen LogP contribution in [0.5, 0.6) is 11.5 Å². The second-order valence-electron chi connectivity index (χ2n) is 4.90. The smallest absolute Gasteiger partial charge is 0.311 e. The summed E-state index contributed by atoms with van der Waals surface area (Å²) in [6.07, 6.45) is 1.23. The molecule has 0 saturated carbocycles. The van der Waals surface area contributed by atoms with E-state index >= 15 is 0 Å². The van der Waals surface area contributed by atoms with Crippen molar-refractivity contribution in [2.75, 3.05) is 6.61 Å². The van der Waals surface area contributed by atoms with Crippen LogP contribution >= 0.6 is 0 Å². The highest BCUT2D eigenvalue weighted by Gasteiger charge is 2.12. The molecule has 0 radical (unpaired) electrons. The zero-order valence-corrected chi connectivity index (χ0v) is 12.8. The number of hydrogen-bond acceptors (Lipinski definition) is 6. The third kappa shape index (κ3) is 4.80. The van der Waals surface area contributed by atoms with E-state index in [2.05, 4.69) is 10.5 Å². The largest absolute Gasteiger partial charge is 0.502 e. The van der Waals surface area contributed by atoms with Crippen LogP contribution in [0.15, 0.2) is 47.6 Å². The van der Waals surface area contributed by atoms with Gasteiger partial charge in [0.05, 0.1) is 11.1 Å². The molecule has 0 aliphatic carbocycles. The van der Waals surface area contributed by atoms with Crippen molar-refractivity contribution in [2.24, 2.45) is 5.10 Å². The van der Waals surface area contributed by atoms with Gasteiger partial charge in [-0.3, -0.25) is 14.9 Å². The fraction of sp³-hybridized carbons (Fsp3) is 0.125. The number of aromatic hydroxyl groups is 1. The van der Waals surface area contributed by atoms with Crippen LogP contribution in [0.3, 0.4) is 0 Å². The second-order valence-corrected chi connectivity index (χ2v) is 4.90. The predicted molar refractivity (Wildman–Crippen MR) is 87.2 cm³/mol. The molecular weight excluding hydrogens is 314 g/mol. The highest BCUT2D eigenvalue weighted by molar-refractivity contribution is 5.84. The first-order valence-corrected chi connectivity index (χ1v) is 6.94. The lowest BCUT2D eigenvalue weighted by molar-refractivity contribution is -0.385. The first-order chi connectivity index (χ1) is 11.5. The summed E-state index contributed by atoms with van der Waals surface area (Å²) in [6.45, 7) is 1.73. The summed E-state index contributed by atoms with van der Waals surface area (Å²) < 4.78 is 5.28. The molecule has 24 heavy (non-hydrogen) atoms. The molecule has 0 bridgehead atoms. The summed E-state index contributed by atoms with van der Waals surface area (Å²) in [6, 6.07) is 11.0. The Morgan fingerprint density at radius 1 is 1.33 bits per heavy atom. The first-order valence-electron chi connectivity index (χ1n) is 6.94. The van der Waals surface area contributed by atoms with Gasteiger partial charge in [0.2, 0.25) is 0 Å². The lowest BCUT2D eigenvalue weighted by Gasteiger charge is -2.05. The average molecular weight is 329 g/mol. The number of carbonyl (C=O) groups is 1. The van der Waals surface area contributed by atoms with Crippen LogP contribution in [0.2, 0.25) is 0 Å². The van der Waals surface area contributed by atoms with Crippen molar-refractivity contribution < 1.29 is 19.6 Å². The van der Waals surface area contributed by atoms with E-state index in [0.717, 1.165) is 11.6 Å². The molecular formula is C16H15N3O5. The fourth-order valence-electron chi connectivity index (χ4n) is 1.76. The van der Waals surface area contributed by atoms with Gasteiger partial charge < -0.3 is 9.84 Å². The summed E-state index contributed by atoms with van der Waals surface area (Å²) in [5.74, 6) is -0.346. The number of benzene rings is 2. The van der Waals surface area contributed by atoms with Gasteiger partial charge in [0.15, 0.2) is 12.4 Å². The van der Waals surface area contributed by atoms with Gasteiger partial charge in [-0.25, -0.2) is 5.43 Å². The van der Waals surface area contributed by atoms with Crippen molar-refractivity contribution in [3.63, 3.8) is 0 Å². The number of nitrogens with zero attached hydrogens (tertiary/aromatic N) is 2. The van der Waals surface area contributed by atoms with Crippen LogP contribution in [0.4, 0.5) is 5.69 Å². The number of nitro benzene ring substituents is 1. The summed E-state index contributed by atoms with van der Waals surface area (Å²) in [7, 11) is 0.